The third kappa shape index (κ3) is 4.31. The van der Waals surface area contributed by atoms with E-state index in [9.17, 15) is 4.89 Å². The normalized spacial score (nSPS) is 15.8. The largest absolute Gasteiger partial charge is 0.433 e. The molecule has 84 valence electrons. The van der Waals surface area contributed by atoms with Crippen molar-refractivity contribution < 1.29 is 9.42 Å². The van der Waals surface area contributed by atoms with Crippen molar-refractivity contribution in [3.63, 3.8) is 0 Å². The van der Waals surface area contributed by atoms with Gasteiger partial charge in [-0.1, -0.05) is 32.9 Å². The average Bonchev–Trinajstić information content (AvgIpc) is 2.00. The second-order valence-corrected chi connectivity index (χ2v) is 7.31. The highest BCUT2D eigenvalue weighted by molar-refractivity contribution is 8.08. The number of hydrogen-bond donors (Lipinski definition) is 2. The van der Waals surface area contributed by atoms with Gasteiger partial charge in [0.15, 0.2) is 0 Å². The predicted molar refractivity (Wildman–Crippen MR) is 66.5 cm³/mol. The molecule has 0 amide bonds. The topological polar surface area (TPSA) is 55.5 Å². The van der Waals surface area contributed by atoms with E-state index < -0.39 is 6.64 Å². The molecule has 0 radical (unpaired) electrons. The Bertz CT molecular complexity index is 377. The molecule has 0 aliphatic heterocycles. The minimum atomic E-state index is -3.11. The first-order valence-corrected chi connectivity index (χ1v) is 7.34. The summed E-state index contributed by atoms with van der Waals surface area (Å²) in [6, 6.07) is 7.43. The number of nitrogens with two attached hydrogens (primary N) is 1. The molecule has 1 aromatic carbocycles. The van der Waals surface area contributed by atoms with Crippen LogP contribution in [0.15, 0.2) is 24.3 Å². The Morgan fingerprint density at radius 3 is 2.07 bits per heavy atom. The molecule has 0 fully saturated rings. The molecule has 0 heterocycles. The summed E-state index contributed by atoms with van der Waals surface area (Å²) in [4.78, 5) is 9.18. The molecule has 0 saturated carbocycles. The summed E-state index contributed by atoms with van der Waals surface area (Å²) >= 11 is 4.60. The van der Waals surface area contributed by atoms with E-state index >= 15 is 0 Å². The maximum atomic E-state index is 9.18. The van der Waals surface area contributed by atoms with Crippen LogP contribution in [0.3, 0.4) is 0 Å². The van der Waals surface area contributed by atoms with Crippen LogP contribution in [0, 0.1) is 0 Å². The van der Waals surface area contributed by atoms with E-state index in [0.717, 1.165) is 0 Å². The summed E-state index contributed by atoms with van der Waals surface area (Å²) in [7, 11) is 0. The molecule has 3 N–H and O–H groups in total. The lowest BCUT2D eigenvalue weighted by Gasteiger charge is -2.19. The second kappa shape index (κ2) is 4.22. The monoisotopic (exact) mass is 245 g/mol. The second-order valence-electron chi connectivity index (χ2n) is 4.43. The highest BCUT2D eigenvalue weighted by Gasteiger charge is 2.14. The number of hydrogen-bond acceptors (Lipinski definition) is 2. The van der Waals surface area contributed by atoms with Crippen LogP contribution in [0.1, 0.15) is 26.3 Å². The van der Waals surface area contributed by atoms with Crippen LogP contribution in [-0.4, -0.2) is 4.89 Å². The van der Waals surface area contributed by atoms with Crippen molar-refractivity contribution in [3.05, 3.63) is 29.8 Å². The molecule has 15 heavy (non-hydrogen) atoms. The van der Waals surface area contributed by atoms with E-state index in [0.29, 0.717) is 5.75 Å². The number of rotatable bonds is 2. The Hall–Kier alpha value is -0.410. The highest BCUT2D eigenvalue weighted by Crippen LogP contribution is 2.35. The molecule has 5 heteroatoms. The molecule has 1 aromatic rings. The van der Waals surface area contributed by atoms with Crippen LogP contribution in [0.5, 0.6) is 5.75 Å². The van der Waals surface area contributed by atoms with Crippen molar-refractivity contribution in [2.24, 2.45) is 5.50 Å². The zero-order valence-electron chi connectivity index (χ0n) is 9.10. The van der Waals surface area contributed by atoms with Crippen molar-refractivity contribution in [1.82, 2.24) is 0 Å². The first-order valence-electron chi connectivity index (χ1n) is 4.60. The van der Waals surface area contributed by atoms with Gasteiger partial charge in [0.25, 0.3) is 0 Å². The summed E-state index contributed by atoms with van der Waals surface area (Å²) in [5.41, 5.74) is 6.54. The van der Waals surface area contributed by atoms with E-state index in [2.05, 4.69) is 32.6 Å². The van der Waals surface area contributed by atoms with Crippen LogP contribution in [0.25, 0.3) is 0 Å². The molecule has 3 nitrogen and oxygen atoms in total. The van der Waals surface area contributed by atoms with Gasteiger partial charge in [-0.15, -0.1) is 0 Å². The van der Waals surface area contributed by atoms with E-state index in [-0.39, 0.29) is 5.41 Å². The van der Waals surface area contributed by atoms with Crippen LogP contribution in [-0.2, 0) is 17.2 Å². The lowest BCUT2D eigenvalue weighted by atomic mass is 9.87. The fraction of sp³-hybridized carbons (Fsp3) is 0.400. The first kappa shape index (κ1) is 12.7. The Morgan fingerprint density at radius 1 is 1.27 bits per heavy atom. The highest BCUT2D eigenvalue weighted by atomic mass is 32.5. The smallest absolute Gasteiger partial charge is 0.307 e. The molecule has 1 rings (SSSR count). The van der Waals surface area contributed by atoms with E-state index in [1.807, 2.05) is 12.1 Å². The Morgan fingerprint density at radius 2 is 1.73 bits per heavy atom. The number of benzene rings is 1. The van der Waals surface area contributed by atoms with Gasteiger partial charge in [-0.3, -0.25) is 0 Å². The molecule has 0 spiro atoms. The van der Waals surface area contributed by atoms with Gasteiger partial charge in [-0.2, -0.15) is 0 Å². The molecule has 0 aromatic heterocycles. The van der Waals surface area contributed by atoms with Crippen molar-refractivity contribution in [2.45, 2.75) is 26.2 Å². The molecule has 0 aliphatic rings. The van der Waals surface area contributed by atoms with E-state index in [1.165, 1.54) is 5.56 Å². The lowest BCUT2D eigenvalue weighted by Crippen LogP contribution is -2.10. The Balaban J connectivity index is 2.87. The third-order valence-electron chi connectivity index (χ3n) is 1.96. The molecule has 1 unspecified atom stereocenters. The van der Waals surface area contributed by atoms with Crippen molar-refractivity contribution in [1.29, 1.82) is 0 Å². The van der Waals surface area contributed by atoms with Gasteiger partial charge in [0.05, 0.1) is 0 Å². The summed E-state index contributed by atoms with van der Waals surface area (Å²) < 4.78 is 5.03. The summed E-state index contributed by atoms with van der Waals surface area (Å²) in [5, 5.41) is 0. The Labute approximate surface area is 95.5 Å². The SMILES string of the molecule is CC(C)(C)c1ccc(OP(N)(O)=S)cc1. The zero-order valence-corrected chi connectivity index (χ0v) is 10.8. The summed E-state index contributed by atoms with van der Waals surface area (Å²) in [6.07, 6.45) is 0. The van der Waals surface area contributed by atoms with Crippen LogP contribution >= 0.6 is 6.64 Å². The van der Waals surface area contributed by atoms with Crippen LogP contribution in [0.2, 0.25) is 0 Å². The van der Waals surface area contributed by atoms with Crippen molar-refractivity contribution >= 4 is 18.4 Å². The van der Waals surface area contributed by atoms with Crippen molar-refractivity contribution in [2.75, 3.05) is 0 Å². The van der Waals surface area contributed by atoms with E-state index in [1.54, 1.807) is 12.1 Å². The third-order valence-corrected chi connectivity index (χ3v) is 2.65. The predicted octanol–water partition coefficient (Wildman–Crippen LogP) is 2.54. The molecular formula is C10H16NO2PS. The summed E-state index contributed by atoms with van der Waals surface area (Å²) in [5.74, 6) is 0.510. The van der Waals surface area contributed by atoms with Gasteiger partial charge >= 0.3 is 6.64 Å². The zero-order chi connectivity index (χ0) is 11.7. The van der Waals surface area contributed by atoms with Gasteiger partial charge in [-0.05, 0) is 34.9 Å². The fourth-order valence-corrected chi connectivity index (χ4v) is 1.85. The van der Waals surface area contributed by atoms with Crippen LogP contribution in [0.4, 0.5) is 0 Å². The van der Waals surface area contributed by atoms with Gasteiger partial charge in [0.2, 0.25) is 0 Å². The van der Waals surface area contributed by atoms with Gasteiger partial charge in [0, 0.05) is 0 Å². The lowest BCUT2D eigenvalue weighted by molar-refractivity contribution is 0.484. The fourth-order valence-electron chi connectivity index (χ4n) is 1.17. The minimum Gasteiger partial charge on any atom is -0.433 e. The van der Waals surface area contributed by atoms with Gasteiger partial charge in [0.1, 0.15) is 5.75 Å². The quantitative estimate of drug-likeness (QED) is 0.786. The standard InChI is InChI=1S/C10H16NO2PS/c1-10(2,3)8-4-6-9(7-5-8)13-14(11,12)15/h4-7H,1-3H3,(H3,11,12,15). The minimum absolute atomic E-state index is 0.0979. The molecule has 1 atom stereocenters. The molecule has 0 saturated heterocycles. The van der Waals surface area contributed by atoms with Gasteiger partial charge in [-0.25, -0.2) is 5.50 Å². The summed E-state index contributed by atoms with van der Waals surface area (Å²) in [6.45, 7) is 3.27. The maximum Gasteiger partial charge on any atom is 0.307 e. The Kier molecular flexibility index (Phi) is 3.56. The maximum absolute atomic E-state index is 9.18. The van der Waals surface area contributed by atoms with Gasteiger partial charge < -0.3 is 9.42 Å². The van der Waals surface area contributed by atoms with Crippen LogP contribution < -0.4 is 10.0 Å². The molecular weight excluding hydrogens is 229 g/mol. The molecule has 0 bridgehead atoms. The molecule has 0 aliphatic carbocycles. The first-order chi connectivity index (χ1) is 6.68. The average molecular weight is 245 g/mol. The van der Waals surface area contributed by atoms with E-state index in [4.69, 9.17) is 10.0 Å². The van der Waals surface area contributed by atoms with Crippen molar-refractivity contribution in [3.8, 4) is 5.75 Å².